The van der Waals surface area contributed by atoms with Crippen molar-refractivity contribution < 1.29 is 19.8 Å². The number of hydrogen-bond acceptors (Lipinski definition) is 3. The standard InChI is InChI=1S/C7H11NO4/c9-6(10)4-2-1-3-8-5(4)7(11)12/h4-5,8H,1-3H2,(H,9,10)(H,11,12)/t4-,5-/m0/s1. The maximum atomic E-state index is 10.6. The number of aliphatic carboxylic acids is 2. The zero-order chi connectivity index (χ0) is 9.14. The third-order valence-electron chi connectivity index (χ3n) is 2.04. The largest absolute Gasteiger partial charge is 0.481 e. The summed E-state index contributed by atoms with van der Waals surface area (Å²) in [5.74, 6) is -2.90. The molecule has 1 saturated heterocycles. The number of carboxylic acid groups (broad SMARTS) is 2. The minimum absolute atomic E-state index is 0.444. The Kier molecular flexibility index (Phi) is 2.65. The van der Waals surface area contributed by atoms with Gasteiger partial charge in [-0.3, -0.25) is 9.59 Å². The zero-order valence-electron chi connectivity index (χ0n) is 6.49. The maximum Gasteiger partial charge on any atom is 0.321 e. The van der Waals surface area contributed by atoms with Crippen LogP contribution in [0.15, 0.2) is 0 Å². The first-order valence-corrected chi connectivity index (χ1v) is 3.82. The fourth-order valence-electron chi connectivity index (χ4n) is 1.41. The molecule has 0 spiro atoms. The van der Waals surface area contributed by atoms with Gasteiger partial charge in [-0.2, -0.15) is 0 Å². The Hall–Kier alpha value is -1.10. The van der Waals surface area contributed by atoms with Crippen molar-refractivity contribution in [1.82, 2.24) is 5.32 Å². The van der Waals surface area contributed by atoms with E-state index >= 15 is 0 Å². The van der Waals surface area contributed by atoms with E-state index in [2.05, 4.69) is 5.32 Å². The third kappa shape index (κ3) is 1.73. The molecule has 3 N–H and O–H groups in total. The lowest BCUT2D eigenvalue weighted by Crippen LogP contribution is -2.49. The summed E-state index contributed by atoms with van der Waals surface area (Å²) in [6.07, 6.45) is 1.17. The summed E-state index contributed by atoms with van der Waals surface area (Å²) in [5.41, 5.74) is 0. The van der Waals surface area contributed by atoms with Gasteiger partial charge < -0.3 is 15.5 Å². The van der Waals surface area contributed by atoms with Crippen LogP contribution < -0.4 is 5.32 Å². The lowest BCUT2D eigenvalue weighted by molar-refractivity contribution is -0.152. The van der Waals surface area contributed by atoms with E-state index in [-0.39, 0.29) is 0 Å². The van der Waals surface area contributed by atoms with Gasteiger partial charge in [0.25, 0.3) is 0 Å². The van der Waals surface area contributed by atoms with Crippen molar-refractivity contribution in [3.63, 3.8) is 0 Å². The molecule has 5 nitrogen and oxygen atoms in total. The summed E-state index contributed by atoms with van der Waals surface area (Å²) in [6.45, 7) is 0.584. The molecule has 1 aliphatic heterocycles. The minimum Gasteiger partial charge on any atom is -0.481 e. The first-order valence-electron chi connectivity index (χ1n) is 3.82. The van der Waals surface area contributed by atoms with Crippen molar-refractivity contribution in [3.05, 3.63) is 0 Å². The molecule has 1 fully saturated rings. The minimum atomic E-state index is -1.08. The normalized spacial score (nSPS) is 29.7. The van der Waals surface area contributed by atoms with Gasteiger partial charge in [0.15, 0.2) is 0 Å². The molecule has 0 aliphatic carbocycles. The molecule has 0 amide bonds. The highest BCUT2D eigenvalue weighted by Gasteiger charge is 2.35. The predicted molar refractivity (Wildman–Crippen MR) is 39.8 cm³/mol. The summed E-state index contributed by atoms with van der Waals surface area (Å²) >= 11 is 0. The van der Waals surface area contributed by atoms with E-state index < -0.39 is 23.9 Å². The highest BCUT2D eigenvalue weighted by molar-refractivity contribution is 5.82. The van der Waals surface area contributed by atoms with Crippen molar-refractivity contribution in [1.29, 1.82) is 0 Å². The first-order chi connectivity index (χ1) is 5.63. The number of carboxylic acids is 2. The fourth-order valence-corrected chi connectivity index (χ4v) is 1.41. The zero-order valence-corrected chi connectivity index (χ0v) is 6.49. The Balaban J connectivity index is 2.67. The summed E-state index contributed by atoms with van der Waals surface area (Å²) in [6, 6.07) is -0.920. The monoisotopic (exact) mass is 173 g/mol. The highest BCUT2D eigenvalue weighted by Crippen LogP contribution is 2.16. The molecule has 0 aromatic carbocycles. The molecule has 1 rings (SSSR count). The highest BCUT2D eigenvalue weighted by atomic mass is 16.4. The van der Waals surface area contributed by atoms with Gasteiger partial charge in [0.05, 0.1) is 5.92 Å². The van der Waals surface area contributed by atoms with Gasteiger partial charge in [-0.15, -0.1) is 0 Å². The molecule has 0 saturated carbocycles. The van der Waals surface area contributed by atoms with Gasteiger partial charge in [0, 0.05) is 0 Å². The van der Waals surface area contributed by atoms with Crippen LogP contribution in [0.1, 0.15) is 12.8 Å². The van der Waals surface area contributed by atoms with Crippen LogP contribution in [0, 0.1) is 5.92 Å². The Bertz CT molecular complexity index is 182. The number of hydrogen-bond donors (Lipinski definition) is 3. The summed E-state index contributed by atoms with van der Waals surface area (Å²) in [7, 11) is 0. The number of carbonyl (C=O) groups is 2. The van der Waals surface area contributed by atoms with Gasteiger partial charge in [-0.05, 0) is 19.4 Å². The molecule has 2 atom stereocenters. The number of rotatable bonds is 2. The Morgan fingerprint density at radius 3 is 2.33 bits per heavy atom. The topological polar surface area (TPSA) is 86.6 Å². The van der Waals surface area contributed by atoms with Gasteiger partial charge in [-0.25, -0.2) is 0 Å². The summed E-state index contributed by atoms with van der Waals surface area (Å²) < 4.78 is 0. The van der Waals surface area contributed by atoms with Crippen molar-refractivity contribution in [2.24, 2.45) is 5.92 Å². The van der Waals surface area contributed by atoms with E-state index in [0.717, 1.165) is 6.42 Å². The smallest absolute Gasteiger partial charge is 0.321 e. The number of piperidine rings is 1. The quantitative estimate of drug-likeness (QED) is 0.525. The Labute approximate surface area is 69.4 Å². The molecular formula is C7H11NO4. The Morgan fingerprint density at radius 2 is 1.92 bits per heavy atom. The van der Waals surface area contributed by atoms with Gasteiger partial charge in [0.2, 0.25) is 0 Å². The van der Waals surface area contributed by atoms with Gasteiger partial charge >= 0.3 is 11.9 Å². The van der Waals surface area contributed by atoms with Gasteiger partial charge in [0.1, 0.15) is 6.04 Å². The average Bonchev–Trinajstić information content (AvgIpc) is 2.04. The second-order valence-electron chi connectivity index (χ2n) is 2.86. The predicted octanol–water partition coefficient (Wildman–Crippen LogP) is -0.476. The average molecular weight is 173 g/mol. The van der Waals surface area contributed by atoms with Gasteiger partial charge in [-0.1, -0.05) is 0 Å². The van der Waals surface area contributed by atoms with E-state index in [9.17, 15) is 9.59 Å². The van der Waals surface area contributed by atoms with Crippen molar-refractivity contribution >= 4 is 11.9 Å². The molecule has 0 unspecified atom stereocenters. The summed E-state index contributed by atoms with van der Waals surface area (Å²) in [5, 5.41) is 20.0. The van der Waals surface area contributed by atoms with Crippen LogP contribution in [0.3, 0.4) is 0 Å². The molecule has 0 bridgehead atoms. The fraction of sp³-hybridized carbons (Fsp3) is 0.714. The molecule has 1 aliphatic rings. The second-order valence-corrected chi connectivity index (χ2v) is 2.86. The van der Waals surface area contributed by atoms with Crippen molar-refractivity contribution in [2.75, 3.05) is 6.54 Å². The molecule has 5 heteroatoms. The van der Waals surface area contributed by atoms with Crippen molar-refractivity contribution in [2.45, 2.75) is 18.9 Å². The van der Waals surface area contributed by atoms with Crippen LogP contribution in [-0.4, -0.2) is 34.7 Å². The van der Waals surface area contributed by atoms with Crippen LogP contribution in [0.2, 0.25) is 0 Å². The van der Waals surface area contributed by atoms with Crippen LogP contribution in [-0.2, 0) is 9.59 Å². The van der Waals surface area contributed by atoms with Crippen LogP contribution in [0.25, 0.3) is 0 Å². The Morgan fingerprint density at radius 1 is 1.25 bits per heavy atom. The van der Waals surface area contributed by atoms with Crippen LogP contribution in [0.5, 0.6) is 0 Å². The summed E-state index contributed by atoms with van der Waals surface area (Å²) in [4.78, 5) is 21.1. The molecule has 0 aromatic rings. The number of nitrogens with one attached hydrogen (secondary N) is 1. The first kappa shape index (κ1) is 8.99. The molecule has 0 radical (unpaired) electrons. The van der Waals surface area contributed by atoms with E-state index in [1.807, 2.05) is 0 Å². The SMILES string of the molecule is O=C(O)[C@H]1CCCN[C@@H]1C(=O)O. The maximum absolute atomic E-state index is 10.6. The lowest BCUT2D eigenvalue weighted by atomic mass is 9.91. The van der Waals surface area contributed by atoms with E-state index in [1.54, 1.807) is 0 Å². The molecule has 12 heavy (non-hydrogen) atoms. The molecule has 68 valence electrons. The van der Waals surface area contributed by atoms with E-state index in [0.29, 0.717) is 13.0 Å². The lowest BCUT2D eigenvalue weighted by Gasteiger charge is -2.26. The van der Waals surface area contributed by atoms with E-state index in [1.165, 1.54) is 0 Å². The molecule has 0 aromatic heterocycles. The van der Waals surface area contributed by atoms with Crippen LogP contribution in [0.4, 0.5) is 0 Å². The van der Waals surface area contributed by atoms with Crippen LogP contribution >= 0.6 is 0 Å². The second kappa shape index (κ2) is 3.53. The third-order valence-corrected chi connectivity index (χ3v) is 2.04. The van der Waals surface area contributed by atoms with Crippen molar-refractivity contribution in [3.8, 4) is 0 Å². The molecular weight excluding hydrogens is 162 g/mol. The van der Waals surface area contributed by atoms with E-state index in [4.69, 9.17) is 10.2 Å². The molecule has 1 heterocycles.